The molecule has 2 rings (SSSR count). The van der Waals surface area contributed by atoms with E-state index in [4.69, 9.17) is 15.2 Å². The molecular formula is C16H24N2O3. The predicted octanol–water partition coefficient (Wildman–Crippen LogP) is 1.95. The molecular weight excluding hydrogens is 268 g/mol. The zero-order chi connectivity index (χ0) is 15.4. The minimum atomic E-state index is -0.119. The standard InChI is InChI=1S/C16H24N2O3/c1-10(2)21-14-7-6-12(8-15(14)20-3)16(19)18-13(9-17)11-4-5-11/h6-8,10-11,13H,4-5,9,17H2,1-3H3,(H,18,19). The first kappa shape index (κ1) is 15.6. The summed E-state index contributed by atoms with van der Waals surface area (Å²) >= 11 is 0. The molecule has 3 N–H and O–H groups in total. The topological polar surface area (TPSA) is 73.6 Å². The molecule has 1 amide bonds. The predicted molar refractivity (Wildman–Crippen MR) is 81.8 cm³/mol. The molecule has 0 saturated heterocycles. The number of hydrogen-bond donors (Lipinski definition) is 2. The lowest BCUT2D eigenvalue weighted by molar-refractivity contribution is 0.0933. The fraction of sp³-hybridized carbons (Fsp3) is 0.562. The van der Waals surface area contributed by atoms with Crippen molar-refractivity contribution in [3.63, 3.8) is 0 Å². The van der Waals surface area contributed by atoms with Crippen molar-refractivity contribution in [3.8, 4) is 11.5 Å². The van der Waals surface area contributed by atoms with Crippen LogP contribution in [0.3, 0.4) is 0 Å². The Balaban J connectivity index is 2.10. The Morgan fingerprint density at radius 1 is 1.38 bits per heavy atom. The van der Waals surface area contributed by atoms with Gasteiger partial charge in [-0.1, -0.05) is 0 Å². The Morgan fingerprint density at radius 2 is 2.10 bits per heavy atom. The molecule has 21 heavy (non-hydrogen) atoms. The number of carbonyl (C=O) groups excluding carboxylic acids is 1. The van der Waals surface area contributed by atoms with Crippen molar-refractivity contribution >= 4 is 5.91 Å². The summed E-state index contributed by atoms with van der Waals surface area (Å²) in [5.41, 5.74) is 6.27. The van der Waals surface area contributed by atoms with Crippen molar-refractivity contribution in [1.82, 2.24) is 5.32 Å². The van der Waals surface area contributed by atoms with E-state index < -0.39 is 0 Å². The van der Waals surface area contributed by atoms with Gasteiger partial charge in [-0.3, -0.25) is 4.79 Å². The van der Waals surface area contributed by atoms with Crippen molar-refractivity contribution in [1.29, 1.82) is 0 Å². The Labute approximate surface area is 125 Å². The van der Waals surface area contributed by atoms with Crippen molar-refractivity contribution in [3.05, 3.63) is 23.8 Å². The molecule has 1 atom stereocenters. The lowest BCUT2D eigenvalue weighted by atomic mass is 10.1. The summed E-state index contributed by atoms with van der Waals surface area (Å²) in [6.45, 7) is 4.37. The number of nitrogens with one attached hydrogen (secondary N) is 1. The van der Waals surface area contributed by atoms with Crippen LogP contribution in [0.5, 0.6) is 11.5 Å². The number of methoxy groups -OCH3 is 1. The van der Waals surface area contributed by atoms with E-state index in [1.54, 1.807) is 25.3 Å². The molecule has 0 aromatic heterocycles. The van der Waals surface area contributed by atoms with E-state index in [0.717, 1.165) is 12.8 Å². The average molecular weight is 292 g/mol. The maximum atomic E-state index is 12.3. The zero-order valence-electron chi connectivity index (χ0n) is 12.9. The Morgan fingerprint density at radius 3 is 2.62 bits per heavy atom. The molecule has 1 aromatic rings. The van der Waals surface area contributed by atoms with Gasteiger partial charge < -0.3 is 20.5 Å². The molecule has 0 radical (unpaired) electrons. The SMILES string of the molecule is COc1cc(C(=O)NC(CN)C2CC2)ccc1OC(C)C. The van der Waals surface area contributed by atoms with Gasteiger partial charge in [-0.05, 0) is 50.8 Å². The highest BCUT2D eigenvalue weighted by molar-refractivity contribution is 5.95. The van der Waals surface area contributed by atoms with Crippen LogP contribution in [-0.2, 0) is 0 Å². The normalized spacial score (nSPS) is 15.7. The largest absolute Gasteiger partial charge is 0.493 e. The first-order valence-corrected chi connectivity index (χ1v) is 7.40. The highest BCUT2D eigenvalue weighted by atomic mass is 16.5. The van der Waals surface area contributed by atoms with Gasteiger partial charge in [0.05, 0.1) is 13.2 Å². The third-order valence-electron chi connectivity index (χ3n) is 3.55. The summed E-state index contributed by atoms with van der Waals surface area (Å²) < 4.78 is 10.9. The molecule has 1 aromatic carbocycles. The van der Waals surface area contributed by atoms with E-state index in [9.17, 15) is 4.79 Å². The van der Waals surface area contributed by atoms with E-state index in [1.165, 1.54) is 0 Å². The van der Waals surface area contributed by atoms with Gasteiger partial charge in [-0.15, -0.1) is 0 Å². The molecule has 1 aliphatic carbocycles. The second kappa shape index (κ2) is 6.80. The van der Waals surface area contributed by atoms with E-state index in [1.807, 2.05) is 13.8 Å². The minimum Gasteiger partial charge on any atom is -0.493 e. The van der Waals surface area contributed by atoms with Crippen LogP contribution < -0.4 is 20.5 Å². The van der Waals surface area contributed by atoms with Gasteiger partial charge in [0.15, 0.2) is 11.5 Å². The first-order chi connectivity index (χ1) is 10.0. The number of rotatable bonds is 7. The molecule has 1 aliphatic rings. The van der Waals surface area contributed by atoms with E-state index in [0.29, 0.717) is 29.5 Å². The second-order valence-corrected chi connectivity index (χ2v) is 5.69. The molecule has 0 aliphatic heterocycles. The van der Waals surface area contributed by atoms with E-state index in [-0.39, 0.29) is 18.1 Å². The Bertz CT molecular complexity index is 498. The number of ether oxygens (including phenoxy) is 2. The van der Waals surface area contributed by atoms with Gasteiger partial charge >= 0.3 is 0 Å². The summed E-state index contributed by atoms with van der Waals surface area (Å²) in [6.07, 6.45) is 2.34. The Hall–Kier alpha value is -1.75. The summed E-state index contributed by atoms with van der Waals surface area (Å²) in [5.74, 6) is 1.62. The van der Waals surface area contributed by atoms with Crippen molar-refractivity contribution in [2.75, 3.05) is 13.7 Å². The van der Waals surface area contributed by atoms with Crippen LogP contribution in [-0.4, -0.2) is 31.7 Å². The lowest BCUT2D eigenvalue weighted by Gasteiger charge is -2.17. The highest BCUT2D eigenvalue weighted by Crippen LogP contribution is 2.33. The third kappa shape index (κ3) is 4.11. The monoisotopic (exact) mass is 292 g/mol. The number of hydrogen-bond acceptors (Lipinski definition) is 4. The molecule has 5 heteroatoms. The van der Waals surface area contributed by atoms with Gasteiger partial charge in [0, 0.05) is 18.2 Å². The molecule has 1 fully saturated rings. The lowest BCUT2D eigenvalue weighted by Crippen LogP contribution is -2.41. The third-order valence-corrected chi connectivity index (χ3v) is 3.55. The van der Waals surface area contributed by atoms with Crippen LogP contribution in [0.4, 0.5) is 0 Å². The molecule has 0 heterocycles. The van der Waals surface area contributed by atoms with Crippen molar-refractivity contribution in [2.45, 2.75) is 38.8 Å². The number of benzene rings is 1. The van der Waals surface area contributed by atoms with Gasteiger partial charge in [0.1, 0.15) is 0 Å². The summed E-state index contributed by atoms with van der Waals surface area (Å²) in [7, 11) is 1.57. The van der Waals surface area contributed by atoms with E-state index in [2.05, 4.69) is 5.32 Å². The average Bonchev–Trinajstić information content (AvgIpc) is 3.28. The molecule has 5 nitrogen and oxygen atoms in total. The first-order valence-electron chi connectivity index (χ1n) is 7.40. The number of carbonyl (C=O) groups is 1. The molecule has 1 saturated carbocycles. The smallest absolute Gasteiger partial charge is 0.251 e. The van der Waals surface area contributed by atoms with E-state index >= 15 is 0 Å². The van der Waals surface area contributed by atoms with Crippen LogP contribution in [0.1, 0.15) is 37.0 Å². The minimum absolute atomic E-state index is 0.0510. The Kier molecular flexibility index (Phi) is 5.07. The van der Waals surface area contributed by atoms with Gasteiger partial charge in [-0.2, -0.15) is 0 Å². The van der Waals surface area contributed by atoms with Gasteiger partial charge in [0.25, 0.3) is 5.91 Å². The van der Waals surface area contributed by atoms with Crippen LogP contribution in [0, 0.1) is 5.92 Å². The molecule has 116 valence electrons. The van der Waals surface area contributed by atoms with Crippen LogP contribution >= 0.6 is 0 Å². The highest BCUT2D eigenvalue weighted by Gasteiger charge is 2.31. The molecule has 0 bridgehead atoms. The second-order valence-electron chi connectivity index (χ2n) is 5.69. The van der Waals surface area contributed by atoms with Gasteiger partial charge in [-0.25, -0.2) is 0 Å². The summed E-state index contributed by atoms with van der Waals surface area (Å²) in [6, 6.07) is 5.28. The summed E-state index contributed by atoms with van der Waals surface area (Å²) in [5, 5.41) is 3.00. The quantitative estimate of drug-likeness (QED) is 0.805. The maximum absolute atomic E-state index is 12.3. The zero-order valence-corrected chi connectivity index (χ0v) is 12.9. The van der Waals surface area contributed by atoms with Crippen LogP contribution in [0.15, 0.2) is 18.2 Å². The molecule has 1 unspecified atom stereocenters. The molecule has 0 spiro atoms. The number of nitrogens with two attached hydrogens (primary N) is 1. The number of amides is 1. The maximum Gasteiger partial charge on any atom is 0.251 e. The van der Waals surface area contributed by atoms with Crippen molar-refractivity contribution < 1.29 is 14.3 Å². The fourth-order valence-corrected chi connectivity index (χ4v) is 2.28. The van der Waals surface area contributed by atoms with Crippen LogP contribution in [0.25, 0.3) is 0 Å². The van der Waals surface area contributed by atoms with Crippen molar-refractivity contribution in [2.24, 2.45) is 11.7 Å². The van der Waals surface area contributed by atoms with Gasteiger partial charge in [0.2, 0.25) is 0 Å². The summed E-state index contributed by atoms with van der Waals surface area (Å²) in [4.78, 5) is 12.3. The fourth-order valence-electron chi connectivity index (χ4n) is 2.28. The van der Waals surface area contributed by atoms with Crippen LogP contribution in [0.2, 0.25) is 0 Å².